The number of hydrogen-bond acceptors (Lipinski definition) is 8. The van der Waals surface area contributed by atoms with Crippen LogP contribution in [-0.2, 0) is 4.79 Å². The van der Waals surface area contributed by atoms with Gasteiger partial charge in [0.05, 0.1) is 17.5 Å². The first kappa shape index (κ1) is 26.0. The van der Waals surface area contributed by atoms with Crippen LogP contribution < -0.4 is 19.5 Å². The summed E-state index contributed by atoms with van der Waals surface area (Å²) >= 11 is 0. The van der Waals surface area contributed by atoms with Crippen molar-refractivity contribution in [3.8, 4) is 23.0 Å². The monoisotopic (exact) mass is 508 g/mol. The first-order valence-corrected chi connectivity index (χ1v) is 12.2. The van der Waals surface area contributed by atoms with Crippen LogP contribution in [0, 0.1) is 10.1 Å². The van der Waals surface area contributed by atoms with E-state index in [-0.39, 0.29) is 23.2 Å². The number of nitrogens with one attached hydrogen (secondary N) is 1. The van der Waals surface area contributed by atoms with Crippen molar-refractivity contribution in [1.29, 1.82) is 0 Å². The van der Waals surface area contributed by atoms with Crippen LogP contribution in [0.2, 0.25) is 0 Å². The number of hydrogen-bond donors (Lipinski definition) is 1. The Labute approximate surface area is 215 Å². The third-order valence-corrected chi connectivity index (χ3v) is 6.02. The van der Waals surface area contributed by atoms with Gasteiger partial charge >= 0.3 is 0 Å². The van der Waals surface area contributed by atoms with Crippen molar-refractivity contribution < 1.29 is 23.9 Å². The van der Waals surface area contributed by atoms with Gasteiger partial charge in [0.1, 0.15) is 23.4 Å². The number of ether oxygens (including phenoxy) is 3. The number of anilines is 1. The van der Waals surface area contributed by atoms with Crippen LogP contribution >= 0.6 is 0 Å². The molecule has 3 aromatic rings. The van der Waals surface area contributed by atoms with Crippen LogP contribution in [0.3, 0.4) is 0 Å². The SMILES string of the molecule is COc1cc2c(Oc3ccc([N+](=O)[O-])cc3)cc(NC(C)(C)C)nc2cc1OC1CCN(C(C)=O)CC1. The third-order valence-electron chi connectivity index (χ3n) is 6.02. The van der Waals surface area contributed by atoms with Crippen molar-refractivity contribution in [3.05, 3.63) is 52.6 Å². The quantitative estimate of drug-likeness (QED) is 0.326. The van der Waals surface area contributed by atoms with Crippen molar-refractivity contribution in [2.24, 2.45) is 0 Å². The van der Waals surface area contributed by atoms with Gasteiger partial charge in [-0.25, -0.2) is 4.98 Å². The molecule has 2 aromatic carbocycles. The number of carbonyl (C=O) groups excluding carboxylic acids is 1. The molecule has 0 unspecified atom stereocenters. The normalized spacial score (nSPS) is 14.4. The number of benzene rings is 2. The lowest BCUT2D eigenvalue weighted by Crippen LogP contribution is -2.40. The highest BCUT2D eigenvalue weighted by Crippen LogP contribution is 2.40. The number of non-ortho nitro benzene ring substituents is 1. The van der Waals surface area contributed by atoms with Crippen molar-refractivity contribution in [3.63, 3.8) is 0 Å². The highest BCUT2D eigenvalue weighted by molar-refractivity contribution is 5.90. The van der Waals surface area contributed by atoms with Gasteiger partial charge in [0.15, 0.2) is 11.5 Å². The van der Waals surface area contributed by atoms with Gasteiger partial charge in [-0.1, -0.05) is 0 Å². The Morgan fingerprint density at radius 1 is 1.08 bits per heavy atom. The van der Waals surface area contributed by atoms with Crippen LogP contribution in [0.5, 0.6) is 23.0 Å². The summed E-state index contributed by atoms with van der Waals surface area (Å²) in [6, 6.07) is 11.4. The molecule has 10 nitrogen and oxygen atoms in total. The number of amides is 1. The number of likely N-dealkylation sites (tertiary alicyclic amines) is 1. The molecule has 0 bridgehead atoms. The number of nitrogens with zero attached hydrogens (tertiary/aromatic N) is 3. The first-order chi connectivity index (χ1) is 17.5. The molecule has 0 radical (unpaired) electrons. The zero-order chi connectivity index (χ0) is 26.7. The van der Waals surface area contributed by atoms with E-state index in [4.69, 9.17) is 19.2 Å². The minimum Gasteiger partial charge on any atom is -0.493 e. The van der Waals surface area contributed by atoms with Gasteiger partial charge in [0, 0.05) is 68.0 Å². The average molecular weight is 509 g/mol. The van der Waals surface area contributed by atoms with Crippen LogP contribution in [0.25, 0.3) is 10.9 Å². The van der Waals surface area contributed by atoms with Crippen LogP contribution in [0.4, 0.5) is 11.5 Å². The second-order valence-electron chi connectivity index (χ2n) is 10.1. The lowest BCUT2D eigenvalue weighted by atomic mass is 10.1. The van der Waals surface area contributed by atoms with E-state index in [1.54, 1.807) is 32.2 Å². The van der Waals surface area contributed by atoms with Crippen molar-refractivity contribution in [1.82, 2.24) is 9.88 Å². The summed E-state index contributed by atoms with van der Waals surface area (Å²) in [6.07, 6.45) is 1.41. The second kappa shape index (κ2) is 10.5. The maximum Gasteiger partial charge on any atom is 0.269 e. The minimum atomic E-state index is -0.451. The molecule has 0 saturated carbocycles. The molecule has 1 aliphatic heterocycles. The van der Waals surface area contributed by atoms with E-state index in [1.807, 2.05) is 37.8 Å². The Balaban J connectivity index is 1.70. The Hall–Kier alpha value is -4.08. The molecular weight excluding hydrogens is 476 g/mol. The molecule has 0 atom stereocenters. The molecule has 1 saturated heterocycles. The number of aromatic nitrogens is 1. The van der Waals surface area contributed by atoms with Gasteiger partial charge in [-0.3, -0.25) is 14.9 Å². The Kier molecular flexibility index (Phi) is 7.37. The fraction of sp³-hybridized carbons (Fsp3) is 0.407. The van der Waals surface area contributed by atoms with Crippen LogP contribution in [-0.4, -0.2) is 52.6 Å². The molecule has 4 rings (SSSR count). The molecule has 1 fully saturated rings. The van der Waals surface area contributed by atoms with Gasteiger partial charge in [-0.05, 0) is 39.0 Å². The smallest absolute Gasteiger partial charge is 0.269 e. The number of piperidine rings is 1. The minimum absolute atomic E-state index is 0.0142. The molecule has 1 amide bonds. The van der Waals surface area contributed by atoms with Crippen LogP contribution in [0.15, 0.2) is 42.5 Å². The van der Waals surface area contributed by atoms with Crippen molar-refractivity contribution in [2.75, 3.05) is 25.5 Å². The molecule has 196 valence electrons. The number of methoxy groups -OCH3 is 1. The van der Waals surface area contributed by atoms with Crippen molar-refractivity contribution >= 4 is 28.3 Å². The second-order valence-corrected chi connectivity index (χ2v) is 10.1. The molecular formula is C27H32N4O6. The first-order valence-electron chi connectivity index (χ1n) is 12.2. The Morgan fingerprint density at radius 3 is 2.32 bits per heavy atom. The number of nitro groups is 1. The lowest BCUT2D eigenvalue weighted by molar-refractivity contribution is -0.384. The standard InChI is InChI=1S/C27H32N4O6/c1-17(32)30-12-10-20(11-13-30)37-25-15-22-21(14-24(25)35-5)23(16-26(28-22)29-27(2,3)4)36-19-8-6-18(7-9-19)31(33)34/h6-9,14-16,20H,10-13H2,1-5H3,(H,28,29). The number of carbonyl (C=O) groups is 1. The van der Waals surface area contributed by atoms with Crippen molar-refractivity contribution in [2.45, 2.75) is 52.2 Å². The Morgan fingerprint density at radius 2 is 1.76 bits per heavy atom. The lowest BCUT2D eigenvalue weighted by Gasteiger charge is -2.31. The fourth-order valence-electron chi connectivity index (χ4n) is 4.22. The summed E-state index contributed by atoms with van der Waals surface area (Å²) in [4.78, 5) is 28.8. The molecule has 1 aliphatic rings. The van der Waals surface area contributed by atoms with E-state index in [9.17, 15) is 14.9 Å². The number of pyridine rings is 1. The third kappa shape index (κ3) is 6.38. The number of nitro benzene ring substituents is 1. The van der Waals surface area contributed by atoms with E-state index < -0.39 is 4.92 Å². The summed E-state index contributed by atoms with van der Waals surface area (Å²) in [5.41, 5.74) is 0.379. The largest absolute Gasteiger partial charge is 0.493 e. The maximum atomic E-state index is 11.7. The van der Waals surface area contributed by atoms with E-state index >= 15 is 0 Å². The molecule has 2 heterocycles. The van der Waals surface area contributed by atoms with Gasteiger partial charge in [0.2, 0.25) is 5.91 Å². The predicted octanol–water partition coefficient (Wildman–Crippen LogP) is 5.54. The van der Waals surface area contributed by atoms with E-state index in [0.29, 0.717) is 52.8 Å². The van der Waals surface area contributed by atoms with Gasteiger partial charge in [0.25, 0.3) is 5.69 Å². The predicted molar refractivity (Wildman–Crippen MR) is 141 cm³/mol. The summed E-state index contributed by atoms with van der Waals surface area (Å²) in [5.74, 6) is 2.76. The van der Waals surface area contributed by atoms with Gasteiger partial charge in [-0.15, -0.1) is 0 Å². The average Bonchev–Trinajstić information content (AvgIpc) is 2.83. The summed E-state index contributed by atoms with van der Waals surface area (Å²) < 4.78 is 18.1. The molecule has 0 aliphatic carbocycles. The molecule has 1 aromatic heterocycles. The summed E-state index contributed by atoms with van der Waals surface area (Å²) in [6.45, 7) is 8.99. The molecule has 0 spiro atoms. The molecule has 1 N–H and O–H groups in total. The zero-order valence-electron chi connectivity index (χ0n) is 21.7. The molecule has 10 heteroatoms. The topological polar surface area (TPSA) is 116 Å². The fourth-order valence-corrected chi connectivity index (χ4v) is 4.22. The number of fused-ring (bicyclic) bond motifs is 1. The Bertz CT molecular complexity index is 1290. The highest BCUT2D eigenvalue weighted by atomic mass is 16.6. The van der Waals surface area contributed by atoms with E-state index in [1.165, 1.54) is 12.1 Å². The van der Waals surface area contributed by atoms with Gasteiger partial charge in [-0.2, -0.15) is 0 Å². The molecule has 37 heavy (non-hydrogen) atoms. The highest BCUT2D eigenvalue weighted by Gasteiger charge is 2.24. The van der Waals surface area contributed by atoms with E-state index in [0.717, 1.165) is 12.8 Å². The zero-order valence-corrected chi connectivity index (χ0v) is 21.7. The summed E-state index contributed by atoms with van der Waals surface area (Å²) in [5, 5.41) is 15.1. The maximum absolute atomic E-state index is 11.7. The van der Waals surface area contributed by atoms with Crippen LogP contribution in [0.1, 0.15) is 40.5 Å². The number of rotatable bonds is 7. The summed E-state index contributed by atoms with van der Waals surface area (Å²) in [7, 11) is 1.58. The van der Waals surface area contributed by atoms with Gasteiger partial charge < -0.3 is 24.4 Å². The van der Waals surface area contributed by atoms with E-state index in [2.05, 4.69) is 5.32 Å².